The van der Waals surface area contributed by atoms with Gasteiger partial charge in [0.15, 0.2) is 0 Å². The van der Waals surface area contributed by atoms with E-state index in [2.05, 4.69) is 31.4 Å². The van der Waals surface area contributed by atoms with Crippen LogP contribution in [0.2, 0.25) is 0 Å². The van der Waals surface area contributed by atoms with E-state index in [0.29, 0.717) is 11.9 Å². The van der Waals surface area contributed by atoms with E-state index in [1.165, 1.54) is 6.42 Å². The molecule has 1 saturated heterocycles. The first-order chi connectivity index (χ1) is 9.55. The summed E-state index contributed by atoms with van der Waals surface area (Å²) in [5, 5.41) is 6.83. The molecule has 2 N–H and O–H groups in total. The van der Waals surface area contributed by atoms with Crippen molar-refractivity contribution in [2.45, 2.75) is 71.8 Å². The third kappa shape index (κ3) is 3.75. The van der Waals surface area contributed by atoms with Gasteiger partial charge >= 0.3 is 0 Å². The summed E-state index contributed by atoms with van der Waals surface area (Å²) in [5.74, 6) is 1.81. The van der Waals surface area contributed by atoms with Gasteiger partial charge in [0, 0.05) is 12.6 Å². The van der Waals surface area contributed by atoms with Crippen molar-refractivity contribution in [3.8, 4) is 0 Å². The van der Waals surface area contributed by atoms with E-state index in [9.17, 15) is 4.79 Å². The summed E-state index contributed by atoms with van der Waals surface area (Å²) in [7, 11) is 0. The van der Waals surface area contributed by atoms with Crippen molar-refractivity contribution in [3.05, 3.63) is 0 Å². The number of carbonyl (C=O) groups excluding carboxylic acids is 1. The van der Waals surface area contributed by atoms with Gasteiger partial charge < -0.3 is 10.6 Å². The molecule has 116 valence electrons. The highest BCUT2D eigenvalue weighted by atomic mass is 16.2. The highest BCUT2D eigenvalue weighted by Gasteiger charge is 2.40. The van der Waals surface area contributed by atoms with Crippen LogP contribution >= 0.6 is 0 Å². The van der Waals surface area contributed by atoms with Gasteiger partial charge in [-0.25, -0.2) is 0 Å². The third-order valence-electron chi connectivity index (χ3n) is 5.20. The predicted octanol–water partition coefficient (Wildman–Crippen LogP) is 3.10. The Morgan fingerprint density at radius 2 is 1.95 bits per heavy atom. The molecule has 0 aromatic carbocycles. The van der Waals surface area contributed by atoms with Gasteiger partial charge in [-0.2, -0.15) is 0 Å². The maximum Gasteiger partial charge on any atom is 0.227 e. The van der Waals surface area contributed by atoms with Gasteiger partial charge in [-0.1, -0.05) is 27.2 Å². The first-order valence-corrected chi connectivity index (χ1v) is 8.57. The fourth-order valence-corrected chi connectivity index (χ4v) is 4.37. The molecule has 3 heteroatoms. The molecule has 2 rings (SSSR count). The molecular weight excluding hydrogens is 248 g/mol. The predicted molar refractivity (Wildman–Crippen MR) is 83.6 cm³/mol. The van der Waals surface area contributed by atoms with Gasteiger partial charge in [-0.15, -0.1) is 0 Å². The van der Waals surface area contributed by atoms with Crippen LogP contribution in [0, 0.1) is 17.3 Å². The van der Waals surface area contributed by atoms with Crippen molar-refractivity contribution < 1.29 is 4.79 Å². The van der Waals surface area contributed by atoms with E-state index in [4.69, 9.17) is 0 Å². The molecular formula is C17H32N2O. The number of piperidine rings is 1. The SMILES string of the molecule is CCCC1(C(=O)NC2CC(C)CC(C)C2)CCCNC1. The van der Waals surface area contributed by atoms with Crippen LogP contribution in [0.5, 0.6) is 0 Å². The normalized spacial score (nSPS) is 38.5. The molecule has 3 nitrogen and oxygen atoms in total. The molecule has 0 bridgehead atoms. The number of hydrogen-bond acceptors (Lipinski definition) is 2. The monoisotopic (exact) mass is 280 g/mol. The summed E-state index contributed by atoms with van der Waals surface area (Å²) < 4.78 is 0. The van der Waals surface area contributed by atoms with E-state index < -0.39 is 0 Å². The quantitative estimate of drug-likeness (QED) is 0.831. The zero-order valence-corrected chi connectivity index (χ0v) is 13.5. The molecule has 0 radical (unpaired) electrons. The maximum atomic E-state index is 12.8. The molecule has 0 aromatic rings. The van der Waals surface area contributed by atoms with Gasteiger partial charge in [0.25, 0.3) is 0 Å². The van der Waals surface area contributed by atoms with E-state index in [-0.39, 0.29) is 5.41 Å². The fourth-order valence-electron chi connectivity index (χ4n) is 4.37. The minimum Gasteiger partial charge on any atom is -0.353 e. The van der Waals surface area contributed by atoms with Gasteiger partial charge in [0.2, 0.25) is 5.91 Å². The summed E-state index contributed by atoms with van der Waals surface area (Å²) in [6.07, 6.45) is 7.92. The molecule has 1 aliphatic carbocycles. The van der Waals surface area contributed by atoms with Gasteiger partial charge in [0.05, 0.1) is 5.41 Å². The Kier molecular flexibility index (Phi) is 5.48. The summed E-state index contributed by atoms with van der Waals surface area (Å²) in [5.41, 5.74) is -0.142. The second-order valence-electron chi connectivity index (χ2n) is 7.40. The number of rotatable bonds is 4. The lowest BCUT2D eigenvalue weighted by Gasteiger charge is -2.39. The highest BCUT2D eigenvalue weighted by Crippen LogP contribution is 2.34. The van der Waals surface area contributed by atoms with E-state index in [1.807, 2.05) is 0 Å². The number of hydrogen-bond donors (Lipinski definition) is 2. The first kappa shape index (κ1) is 15.8. The standard InChI is InChI=1S/C17H32N2O/c1-4-6-17(7-5-8-18-12-17)16(20)19-15-10-13(2)9-14(3)11-15/h13-15,18H,4-12H2,1-3H3,(H,19,20). The summed E-state index contributed by atoms with van der Waals surface area (Å²) in [6.45, 7) is 8.76. The Morgan fingerprint density at radius 3 is 2.50 bits per heavy atom. The molecule has 2 aliphatic rings. The lowest BCUT2D eigenvalue weighted by Crippen LogP contribution is -2.53. The van der Waals surface area contributed by atoms with Crippen LogP contribution in [-0.2, 0) is 4.79 Å². The Morgan fingerprint density at radius 1 is 1.25 bits per heavy atom. The Labute approximate surface area is 124 Å². The molecule has 1 aliphatic heterocycles. The van der Waals surface area contributed by atoms with Crippen LogP contribution in [0.3, 0.4) is 0 Å². The number of amides is 1. The third-order valence-corrected chi connectivity index (χ3v) is 5.20. The molecule has 0 aromatic heterocycles. The molecule has 1 heterocycles. The summed E-state index contributed by atoms with van der Waals surface area (Å²) in [4.78, 5) is 12.8. The van der Waals surface area contributed by atoms with E-state index >= 15 is 0 Å². The van der Waals surface area contributed by atoms with Crippen molar-refractivity contribution in [1.29, 1.82) is 0 Å². The van der Waals surface area contributed by atoms with Crippen molar-refractivity contribution in [2.24, 2.45) is 17.3 Å². The van der Waals surface area contributed by atoms with Crippen LogP contribution in [0.15, 0.2) is 0 Å². The molecule has 3 unspecified atom stereocenters. The van der Waals surface area contributed by atoms with Crippen LogP contribution in [0.25, 0.3) is 0 Å². The van der Waals surface area contributed by atoms with Crippen molar-refractivity contribution in [3.63, 3.8) is 0 Å². The zero-order chi connectivity index (χ0) is 14.6. The minimum absolute atomic E-state index is 0.142. The van der Waals surface area contributed by atoms with Gasteiger partial charge in [0.1, 0.15) is 0 Å². The Bertz CT molecular complexity index is 307. The highest BCUT2D eigenvalue weighted by molar-refractivity contribution is 5.83. The number of nitrogens with one attached hydrogen (secondary N) is 2. The van der Waals surface area contributed by atoms with E-state index in [1.54, 1.807) is 0 Å². The second kappa shape index (κ2) is 6.93. The fraction of sp³-hybridized carbons (Fsp3) is 0.941. The average molecular weight is 280 g/mol. The average Bonchev–Trinajstić information content (AvgIpc) is 2.38. The Hall–Kier alpha value is -0.570. The largest absolute Gasteiger partial charge is 0.353 e. The minimum atomic E-state index is -0.142. The first-order valence-electron chi connectivity index (χ1n) is 8.57. The van der Waals surface area contributed by atoms with Crippen molar-refractivity contribution in [1.82, 2.24) is 10.6 Å². The lowest BCUT2D eigenvalue weighted by atomic mass is 9.75. The molecule has 1 saturated carbocycles. The topological polar surface area (TPSA) is 41.1 Å². The molecule has 0 spiro atoms. The van der Waals surface area contributed by atoms with Crippen LogP contribution in [-0.4, -0.2) is 25.0 Å². The Balaban J connectivity index is 1.97. The van der Waals surface area contributed by atoms with Crippen LogP contribution in [0.4, 0.5) is 0 Å². The van der Waals surface area contributed by atoms with Crippen molar-refractivity contribution in [2.75, 3.05) is 13.1 Å². The molecule has 2 fully saturated rings. The zero-order valence-electron chi connectivity index (χ0n) is 13.5. The van der Waals surface area contributed by atoms with E-state index in [0.717, 1.165) is 63.5 Å². The second-order valence-corrected chi connectivity index (χ2v) is 7.40. The smallest absolute Gasteiger partial charge is 0.227 e. The molecule has 20 heavy (non-hydrogen) atoms. The van der Waals surface area contributed by atoms with Gasteiger partial charge in [-0.05, 0) is 56.9 Å². The number of carbonyl (C=O) groups is 1. The van der Waals surface area contributed by atoms with Crippen LogP contribution < -0.4 is 10.6 Å². The van der Waals surface area contributed by atoms with Gasteiger partial charge in [-0.3, -0.25) is 4.79 Å². The molecule has 3 atom stereocenters. The lowest BCUT2D eigenvalue weighted by molar-refractivity contribution is -0.133. The molecule has 1 amide bonds. The maximum absolute atomic E-state index is 12.8. The summed E-state index contributed by atoms with van der Waals surface area (Å²) in [6, 6.07) is 0.400. The van der Waals surface area contributed by atoms with Crippen molar-refractivity contribution >= 4 is 5.91 Å². The summed E-state index contributed by atoms with van der Waals surface area (Å²) >= 11 is 0. The van der Waals surface area contributed by atoms with Crippen LogP contribution in [0.1, 0.15) is 65.7 Å².